The van der Waals surface area contributed by atoms with Gasteiger partial charge >= 0.3 is 0 Å². The fraction of sp³-hybridized carbons (Fsp3) is 0.192. The summed E-state index contributed by atoms with van der Waals surface area (Å²) in [6, 6.07) is 26.1. The number of piperazine rings is 1. The van der Waals surface area contributed by atoms with Crippen molar-refractivity contribution in [3.05, 3.63) is 96.2 Å². The molecule has 5 heteroatoms. The summed E-state index contributed by atoms with van der Waals surface area (Å²) in [6.07, 6.45) is 1.75. The van der Waals surface area contributed by atoms with Gasteiger partial charge in [-0.3, -0.25) is 9.78 Å². The summed E-state index contributed by atoms with van der Waals surface area (Å²) in [4.78, 5) is 26.2. The zero-order chi connectivity index (χ0) is 21.0. The van der Waals surface area contributed by atoms with Gasteiger partial charge in [0.05, 0.1) is 48.6 Å². The molecule has 4 aromatic rings. The predicted molar refractivity (Wildman–Crippen MR) is 122 cm³/mol. The second-order valence-corrected chi connectivity index (χ2v) is 7.99. The number of rotatable bonds is 4. The van der Waals surface area contributed by atoms with E-state index in [4.69, 9.17) is 4.98 Å². The van der Waals surface area contributed by atoms with Crippen molar-refractivity contribution in [3.63, 3.8) is 0 Å². The summed E-state index contributed by atoms with van der Waals surface area (Å²) < 4.78 is 0. The largest absolute Gasteiger partial charge is 0.328 e. The molecule has 0 aliphatic carbocycles. The number of pyridine rings is 2. The minimum Gasteiger partial charge on any atom is -0.328 e. The number of quaternary nitrogens is 1. The highest BCUT2D eigenvalue weighted by molar-refractivity contribution is 6.07. The maximum absolute atomic E-state index is 13.5. The zero-order valence-electron chi connectivity index (χ0n) is 17.4. The van der Waals surface area contributed by atoms with Crippen LogP contribution in [0.5, 0.6) is 0 Å². The van der Waals surface area contributed by atoms with Crippen molar-refractivity contribution >= 4 is 16.8 Å². The van der Waals surface area contributed by atoms with Crippen LogP contribution in [-0.2, 0) is 6.54 Å². The first kappa shape index (κ1) is 19.4. The number of carbonyl (C=O) groups is 1. The van der Waals surface area contributed by atoms with Crippen molar-refractivity contribution in [1.29, 1.82) is 0 Å². The Kier molecular flexibility index (Phi) is 5.42. The minimum absolute atomic E-state index is 0.0783. The van der Waals surface area contributed by atoms with Gasteiger partial charge in [0.1, 0.15) is 6.54 Å². The number of nitrogens with zero attached hydrogens (tertiary/aromatic N) is 3. The first-order chi connectivity index (χ1) is 15.3. The van der Waals surface area contributed by atoms with E-state index in [1.54, 1.807) is 6.20 Å². The normalized spacial score (nSPS) is 14.6. The van der Waals surface area contributed by atoms with E-state index in [-0.39, 0.29) is 5.91 Å². The lowest BCUT2D eigenvalue weighted by molar-refractivity contribution is -0.917. The average molecular weight is 410 g/mol. The number of para-hydroxylation sites is 1. The second kappa shape index (κ2) is 8.66. The van der Waals surface area contributed by atoms with Crippen molar-refractivity contribution in [2.24, 2.45) is 0 Å². The maximum Gasteiger partial charge on any atom is 0.255 e. The summed E-state index contributed by atoms with van der Waals surface area (Å²) >= 11 is 0. The van der Waals surface area contributed by atoms with Gasteiger partial charge in [0.15, 0.2) is 0 Å². The molecule has 1 aliphatic rings. The molecule has 1 saturated heterocycles. The fourth-order valence-corrected chi connectivity index (χ4v) is 4.26. The number of nitrogens with one attached hydrogen (secondary N) is 1. The highest BCUT2D eigenvalue weighted by atomic mass is 16.2. The van der Waals surface area contributed by atoms with Crippen LogP contribution >= 0.6 is 0 Å². The van der Waals surface area contributed by atoms with E-state index in [2.05, 4.69) is 29.2 Å². The molecular weight excluding hydrogens is 384 g/mol. The van der Waals surface area contributed by atoms with Gasteiger partial charge in [-0.05, 0) is 24.3 Å². The van der Waals surface area contributed by atoms with Crippen LogP contribution in [0, 0.1) is 0 Å². The van der Waals surface area contributed by atoms with E-state index in [0.29, 0.717) is 5.56 Å². The van der Waals surface area contributed by atoms with Gasteiger partial charge < -0.3 is 9.80 Å². The molecule has 31 heavy (non-hydrogen) atoms. The van der Waals surface area contributed by atoms with Crippen LogP contribution in [-0.4, -0.2) is 47.0 Å². The Labute approximate surface area is 182 Å². The third kappa shape index (κ3) is 4.18. The van der Waals surface area contributed by atoms with Crippen LogP contribution in [0.1, 0.15) is 15.9 Å². The molecule has 1 N–H and O–H groups in total. The van der Waals surface area contributed by atoms with Crippen LogP contribution in [0.25, 0.3) is 22.3 Å². The van der Waals surface area contributed by atoms with Gasteiger partial charge in [-0.1, -0.05) is 54.6 Å². The monoisotopic (exact) mass is 409 g/mol. The molecule has 0 radical (unpaired) electrons. The second-order valence-electron chi connectivity index (χ2n) is 7.99. The van der Waals surface area contributed by atoms with Crippen LogP contribution in [0.15, 0.2) is 85.1 Å². The van der Waals surface area contributed by atoms with E-state index < -0.39 is 0 Å². The summed E-state index contributed by atoms with van der Waals surface area (Å²) in [6.45, 7) is 4.44. The number of fused-ring (bicyclic) bond motifs is 1. The van der Waals surface area contributed by atoms with Crippen molar-refractivity contribution in [1.82, 2.24) is 14.9 Å². The molecule has 2 aromatic heterocycles. The number of benzene rings is 2. The third-order valence-corrected chi connectivity index (χ3v) is 5.93. The van der Waals surface area contributed by atoms with Crippen LogP contribution in [0.3, 0.4) is 0 Å². The Hall–Kier alpha value is -3.57. The Morgan fingerprint density at radius 2 is 1.61 bits per heavy atom. The van der Waals surface area contributed by atoms with E-state index in [0.717, 1.165) is 55.0 Å². The van der Waals surface area contributed by atoms with E-state index in [1.807, 2.05) is 59.5 Å². The molecule has 0 saturated carbocycles. The van der Waals surface area contributed by atoms with Crippen molar-refractivity contribution in [2.75, 3.05) is 26.2 Å². The molecule has 0 spiro atoms. The Bertz CT molecular complexity index is 1190. The van der Waals surface area contributed by atoms with Crippen LogP contribution in [0.4, 0.5) is 0 Å². The summed E-state index contributed by atoms with van der Waals surface area (Å²) in [7, 11) is 0. The number of amides is 1. The molecule has 3 heterocycles. The lowest BCUT2D eigenvalue weighted by atomic mass is 10.0. The molecule has 5 nitrogen and oxygen atoms in total. The Morgan fingerprint density at radius 3 is 2.39 bits per heavy atom. The highest BCUT2D eigenvalue weighted by Gasteiger charge is 2.26. The summed E-state index contributed by atoms with van der Waals surface area (Å²) in [5, 5.41) is 0.895. The lowest BCUT2D eigenvalue weighted by Gasteiger charge is -2.32. The quantitative estimate of drug-likeness (QED) is 0.564. The molecule has 1 fully saturated rings. The number of carbonyl (C=O) groups excluding carboxylic acids is 1. The van der Waals surface area contributed by atoms with Gasteiger partial charge in [0.2, 0.25) is 0 Å². The molecule has 1 aliphatic heterocycles. The molecule has 2 aromatic carbocycles. The third-order valence-electron chi connectivity index (χ3n) is 5.93. The van der Waals surface area contributed by atoms with Gasteiger partial charge in [0, 0.05) is 17.1 Å². The van der Waals surface area contributed by atoms with Crippen LogP contribution in [0.2, 0.25) is 0 Å². The highest BCUT2D eigenvalue weighted by Crippen LogP contribution is 2.24. The molecule has 5 rings (SSSR count). The van der Waals surface area contributed by atoms with Crippen molar-refractivity contribution in [3.8, 4) is 11.4 Å². The SMILES string of the molecule is O=C(c1cc(-c2ccccn2)nc2ccccc12)N1CC[NH+](Cc2ccccc2)CC1. The molecule has 154 valence electrons. The maximum atomic E-state index is 13.5. The number of aromatic nitrogens is 2. The zero-order valence-corrected chi connectivity index (χ0v) is 17.4. The van der Waals surface area contributed by atoms with Crippen LogP contribution < -0.4 is 4.90 Å². The Morgan fingerprint density at radius 1 is 0.871 bits per heavy atom. The predicted octanol–water partition coefficient (Wildman–Crippen LogP) is 2.84. The van der Waals surface area contributed by atoms with Gasteiger partial charge in [-0.25, -0.2) is 4.98 Å². The van der Waals surface area contributed by atoms with E-state index >= 15 is 0 Å². The first-order valence-corrected chi connectivity index (χ1v) is 10.8. The molecular formula is C26H25N4O+. The Balaban J connectivity index is 1.38. The van der Waals surface area contributed by atoms with Gasteiger partial charge in [0.25, 0.3) is 5.91 Å². The van der Waals surface area contributed by atoms with Gasteiger partial charge in [-0.2, -0.15) is 0 Å². The number of hydrogen-bond donors (Lipinski definition) is 1. The molecule has 0 bridgehead atoms. The minimum atomic E-state index is 0.0783. The smallest absolute Gasteiger partial charge is 0.255 e. The molecule has 0 atom stereocenters. The lowest BCUT2D eigenvalue weighted by Crippen LogP contribution is -3.13. The first-order valence-electron chi connectivity index (χ1n) is 10.8. The van der Waals surface area contributed by atoms with Gasteiger partial charge in [-0.15, -0.1) is 0 Å². The fourth-order valence-electron chi connectivity index (χ4n) is 4.26. The van der Waals surface area contributed by atoms with Crippen molar-refractivity contribution < 1.29 is 9.69 Å². The summed E-state index contributed by atoms with van der Waals surface area (Å²) in [5.41, 5.74) is 4.38. The van der Waals surface area contributed by atoms with E-state index in [9.17, 15) is 4.79 Å². The number of hydrogen-bond acceptors (Lipinski definition) is 3. The molecule has 1 amide bonds. The standard InChI is InChI=1S/C26H24N4O/c31-26(30-16-14-29(15-17-30)19-20-8-2-1-3-9-20)22-18-25(24-12-6-7-13-27-24)28-23-11-5-4-10-21(22)23/h1-13,18H,14-17,19H2/p+1. The molecule has 0 unspecified atom stereocenters. The topological polar surface area (TPSA) is 50.5 Å². The van der Waals surface area contributed by atoms with Crippen molar-refractivity contribution in [2.45, 2.75) is 6.54 Å². The van der Waals surface area contributed by atoms with E-state index in [1.165, 1.54) is 10.5 Å². The average Bonchev–Trinajstić information content (AvgIpc) is 2.84. The summed E-state index contributed by atoms with van der Waals surface area (Å²) in [5.74, 6) is 0.0783.